The molecule has 0 N–H and O–H groups in total. The lowest BCUT2D eigenvalue weighted by Crippen LogP contribution is -2.16. The lowest BCUT2D eigenvalue weighted by molar-refractivity contribution is 0.753. The molecule has 7 heteroatoms. The van der Waals surface area contributed by atoms with Crippen molar-refractivity contribution < 1.29 is 0 Å². The molecule has 0 bridgehead atoms. The molecule has 0 fully saturated rings. The van der Waals surface area contributed by atoms with Gasteiger partial charge in [-0.2, -0.15) is 5.10 Å². The van der Waals surface area contributed by atoms with E-state index < -0.39 is 0 Å². The lowest BCUT2D eigenvalue weighted by Gasteiger charge is -2.08. The fraction of sp³-hybridized carbons (Fsp3) is 0.174. The minimum atomic E-state index is 0.173. The fourth-order valence-electron chi connectivity index (χ4n) is 3.05. The molecular weight excluding hydrogens is 414 g/mol. The molecule has 0 aliphatic rings. The van der Waals surface area contributed by atoms with Gasteiger partial charge in [0.2, 0.25) is 4.80 Å². The summed E-state index contributed by atoms with van der Waals surface area (Å²) in [4.78, 5) is 9.71. The molecule has 0 unspecified atom stereocenters. The number of rotatable bonds is 5. The van der Waals surface area contributed by atoms with Crippen LogP contribution in [0.15, 0.2) is 82.7 Å². The molecule has 0 amide bonds. The standard InChI is InChI=1S/C23H22ClN5S/c1-16(2)26-23-29(22(14-30-23)19-5-4-6-20(24)13-19)27-17(3)18-7-9-21(10-8-18)28-12-11-25-15-28/h4-16H,1-3H3/b26-23?,27-17+. The number of hydrogen-bond acceptors (Lipinski definition) is 4. The Morgan fingerprint density at radius 3 is 2.60 bits per heavy atom. The third-order valence-electron chi connectivity index (χ3n) is 4.51. The Kier molecular flexibility index (Phi) is 5.97. The summed E-state index contributed by atoms with van der Waals surface area (Å²) >= 11 is 7.80. The van der Waals surface area contributed by atoms with E-state index in [1.807, 2.05) is 46.6 Å². The zero-order valence-corrected chi connectivity index (χ0v) is 18.6. The average molecular weight is 436 g/mol. The van der Waals surface area contributed by atoms with Crippen LogP contribution in [0, 0.1) is 0 Å². The van der Waals surface area contributed by atoms with E-state index in [1.54, 1.807) is 23.9 Å². The predicted molar refractivity (Wildman–Crippen MR) is 125 cm³/mol. The lowest BCUT2D eigenvalue weighted by atomic mass is 10.1. The number of halogens is 1. The van der Waals surface area contributed by atoms with E-state index in [9.17, 15) is 0 Å². The van der Waals surface area contributed by atoms with Gasteiger partial charge in [-0.15, -0.1) is 11.3 Å². The van der Waals surface area contributed by atoms with Crippen LogP contribution in [-0.4, -0.2) is 26.0 Å². The number of imidazole rings is 1. The van der Waals surface area contributed by atoms with Gasteiger partial charge in [-0.1, -0.05) is 35.9 Å². The fourth-order valence-corrected chi connectivity index (χ4v) is 4.20. The van der Waals surface area contributed by atoms with E-state index in [0.717, 1.165) is 33.0 Å². The maximum Gasteiger partial charge on any atom is 0.206 e. The van der Waals surface area contributed by atoms with E-state index in [0.29, 0.717) is 5.02 Å². The van der Waals surface area contributed by atoms with Crippen molar-refractivity contribution in [1.29, 1.82) is 0 Å². The maximum atomic E-state index is 6.23. The Balaban J connectivity index is 1.77. The highest BCUT2D eigenvalue weighted by molar-refractivity contribution is 7.07. The molecule has 2 aromatic carbocycles. The molecule has 5 nitrogen and oxygen atoms in total. The second-order valence-corrected chi connectivity index (χ2v) is 8.42. The highest BCUT2D eigenvalue weighted by Crippen LogP contribution is 2.24. The van der Waals surface area contributed by atoms with Gasteiger partial charge in [0.05, 0.1) is 17.7 Å². The van der Waals surface area contributed by atoms with Gasteiger partial charge in [-0.05, 0) is 50.6 Å². The summed E-state index contributed by atoms with van der Waals surface area (Å²) in [5.41, 5.74) is 4.98. The molecule has 0 atom stereocenters. The minimum absolute atomic E-state index is 0.173. The molecule has 2 aromatic heterocycles. The van der Waals surface area contributed by atoms with Crippen LogP contribution in [-0.2, 0) is 0 Å². The number of nitrogens with zero attached hydrogens (tertiary/aromatic N) is 5. The normalized spacial score (nSPS) is 12.7. The Labute approximate surface area is 184 Å². The van der Waals surface area contributed by atoms with Gasteiger partial charge in [0.15, 0.2) is 0 Å². The summed E-state index contributed by atoms with van der Waals surface area (Å²) in [7, 11) is 0. The van der Waals surface area contributed by atoms with E-state index in [4.69, 9.17) is 21.7 Å². The molecule has 0 aliphatic carbocycles. The number of aromatic nitrogens is 3. The quantitative estimate of drug-likeness (QED) is 0.374. The van der Waals surface area contributed by atoms with Crippen molar-refractivity contribution in [3.8, 4) is 16.9 Å². The first-order valence-electron chi connectivity index (χ1n) is 9.66. The van der Waals surface area contributed by atoms with Crippen LogP contribution in [0.4, 0.5) is 0 Å². The number of thiazole rings is 1. The van der Waals surface area contributed by atoms with E-state index in [1.165, 1.54) is 0 Å². The van der Waals surface area contributed by atoms with Gasteiger partial charge in [0.1, 0.15) is 0 Å². The third kappa shape index (κ3) is 4.45. The van der Waals surface area contributed by atoms with Crippen LogP contribution in [0.5, 0.6) is 0 Å². The summed E-state index contributed by atoms with van der Waals surface area (Å²) < 4.78 is 3.89. The Morgan fingerprint density at radius 2 is 1.93 bits per heavy atom. The molecule has 4 aromatic rings. The van der Waals surface area contributed by atoms with Crippen LogP contribution < -0.4 is 4.80 Å². The van der Waals surface area contributed by atoms with Gasteiger partial charge in [0.25, 0.3) is 0 Å². The maximum absolute atomic E-state index is 6.23. The van der Waals surface area contributed by atoms with Gasteiger partial charge in [0, 0.05) is 40.1 Å². The number of hydrogen-bond donors (Lipinski definition) is 0. The summed E-state index contributed by atoms with van der Waals surface area (Å²) in [5.74, 6) is 0. The van der Waals surface area contributed by atoms with Gasteiger partial charge >= 0.3 is 0 Å². The average Bonchev–Trinajstić information content (AvgIpc) is 3.39. The van der Waals surface area contributed by atoms with Crippen molar-refractivity contribution in [2.24, 2.45) is 10.1 Å². The van der Waals surface area contributed by atoms with Gasteiger partial charge < -0.3 is 4.57 Å². The van der Waals surface area contributed by atoms with Crippen molar-refractivity contribution in [2.75, 3.05) is 0 Å². The van der Waals surface area contributed by atoms with E-state index >= 15 is 0 Å². The molecular formula is C23H22ClN5S. The SMILES string of the molecule is C/C(=N\n1c(-c2cccc(Cl)c2)csc1=NC(C)C)c1ccc(-n2ccnc2)cc1. The number of benzene rings is 2. The van der Waals surface area contributed by atoms with Gasteiger partial charge in [-0.3, -0.25) is 4.99 Å². The monoisotopic (exact) mass is 435 g/mol. The summed E-state index contributed by atoms with van der Waals surface area (Å²) in [6, 6.07) is 16.2. The smallest absolute Gasteiger partial charge is 0.206 e. The highest BCUT2D eigenvalue weighted by Gasteiger charge is 2.10. The molecule has 2 heterocycles. The van der Waals surface area contributed by atoms with E-state index in [-0.39, 0.29) is 6.04 Å². The first-order valence-corrected chi connectivity index (χ1v) is 10.9. The molecule has 4 rings (SSSR count). The van der Waals surface area contributed by atoms with Crippen molar-refractivity contribution in [2.45, 2.75) is 26.8 Å². The van der Waals surface area contributed by atoms with Crippen molar-refractivity contribution in [3.05, 3.63) is 88.0 Å². The molecule has 0 saturated carbocycles. The zero-order valence-electron chi connectivity index (χ0n) is 17.0. The molecule has 30 heavy (non-hydrogen) atoms. The molecule has 0 spiro atoms. The molecule has 0 aliphatic heterocycles. The first-order chi connectivity index (χ1) is 14.5. The summed E-state index contributed by atoms with van der Waals surface area (Å²) in [5, 5.41) is 7.70. The molecule has 0 radical (unpaired) electrons. The summed E-state index contributed by atoms with van der Waals surface area (Å²) in [6.07, 6.45) is 5.48. The van der Waals surface area contributed by atoms with Crippen LogP contribution in [0.25, 0.3) is 16.9 Å². The van der Waals surface area contributed by atoms with Crippen LogP contribution in [0.3, 0.4) is 0 Å². The van der Waals surface area contributed by atoms with Crippen molar-refractivity contribution in [3.63, 3.8) is 0 Å². The molecule has 152 valence electrons. The second kappa shape index (κ2) is 8.81. The zero-order chi connectivity index (χ0) is 21.1. The predicted octanol–water partition coefficient (Wildman–Crippen LogP) is 5.64. The van der Waals surface area contributed by atoms with Crippen LogP contribution in [0.2, 0.25) is 5.02 Å². The van der Waals surface area contributed by atoms with Crippen molar-refractivity contribution in [1.82, 2.24) is 14.2 Å². The second-order valence-electron chi connectivity index (χ2n) is 7.15. The van der Waals surface area contributed by atoms with Crippen LogP contribution >= 0.6 is 22.9 Å². The molecule has 0 saturated heterocycles. The van der Waals surface area contributed by atoms with Crippen molar-refractivity contribution >= 4 is 28.6 Å². The Bertz CT molecular complexity index is 1230. The van der Waals surface area contributed by atoms with Crippen LogP contribution in [0.1, 0.15) is 26.3 Å². The minimum Gasteiger partial charge on any atom is -0.306 e. The summed E-state index contributed by atoms with van der Waals surface area (Å²) in [6.45, 7) is 6.14. The topological polar surface area (TPSA) is 47.5 Å². The third-order valence-corrected chi connectivity index (χ3v) is 5.58. The Morgan fingerprint density at radius 1 is 1.13 bits per heavy atom. The highest BCUT2D eigenvalue weighted by atomic mass is 35.5. The Hall–Kier alpha value is -2.96. The van der Waals surface area contributed by atoms with Gasteiger partial charge in [-0.25, -0.2) is 9.66 Å². The van der Waals surface area contributed by atoms with E-state index in [2.05, 4.69) is 48.5 Å². The largest absolute Gasteiger partial charge is 0.306 e. The first kappa shape index (κ1) is 20.3.